The van der Waals surface area contributed by atoms with Gasteiger partial charge >= 0.3 is 23.9 Å². The van der Waals surface area contributed by atoms with Gasteiger partial charge in [0.2, 0.25) is 10.4 Å². The molecule has 0 bridgehead atoms. The van der Waals surface area contributed by atoms with Crippen LogP contribution in [0, 0.1) is 0 Å². The van der Waals surface area contributed by atoms with Crippen LogP contribution in [0.25, 0.3) is 0 Å². The van der Waals surface area contributed by atoms with Gasteiger partial charge in [-0.3, -0.25) is 18.6 Å². The summed E-state index contributed by atoms with van der Waals surface area (Å²) in [7, 11) is -1.80. The summed E-state index contributed by atoms with van der Waals surface area (Å²) in [5.41, 5.74) is 0. The van der Waals surface area contributed by atoms with E-state index in [4.69, 9.17) is 14.2 Å². The summed E-state index contributed by atoms with van der Waals surface area (Å²) in [6.07, 6.45) is 48.5. The lowest BCUT2D eigenvalue weighted by Crippen LogP contribution is -2.85. The Morgan fingerprint density at radius 3 is 0.719 bits per heavy atom. The summed E-state index contributed by atoms with van der Waals surface area (Å²) in [4.78, 5) is 39.5. The number of esters is 3. The van der Waals surface area contributed by atoms with Gasteiger partial charge in [-0.2, -0.15) is 0 Å². The molecule has 0 amide bonds. The van der Waals surface area contributed by atoms with Gasteiger partial charge in [-0.15, -0.1) is 0 Å². The molecule has 64 heavy (non-hydrogen) atoms. The SMILES string of the molecule is CCCCCCCCCCCCCCCC(=O)OC(C[NH2+]C)(OC(=O)CCCCCCCCCCCCCCC)OC(=O)CCCCCCCCCCCCCCC.COS(=O)(=O)[O-]. The predicted octanol–water partition coefficient (Wildman–Crippen LogP) is 14.0. The fourth-order valence-electron chi connectivity index (χ4n) is 7.97. The summed E-state index contributed by atoms with van der Waals surface area (Å²) in [6.45, 7) is 6.81. The van der Waals surface area contributed by atoms with E-state index in [1.165, 1.54) is 193 Å². The average molecular weight is 934 g/mol. The molecule has 0 saturated carbocycles. The van der Waals surface area contributed by atoms with Crippen molar-refractivity contribution in [2.75, 3.05) is 20.7 Å². The Bertz CT molecular complexity index is 1030. The second-order valence-electron chi connectivity index (χ2n) is 18.3. The molecule has 0 aromatic heterocycles. The Morgan fingerprint density at radius 2 is 0.562 bits per heavy atom. The maximum absolute atomic E-state index is 13.2. The Labute approximate surface area is 395 Å². The molecular formula is C52H103NO10S. The van der Waals surface area contributed by atoms with Crippen molar-refractivity contribution in [3.05, 3.63) is 0 Å². The van der Waals surface area contributed by atoms with Crippen molar-refractivity contribution in [3.8, 4) is 0 Å². The molecule has 0 rings (SSSR count). The summed E-state index contributed by atoms with van der Waals surface area (Å²) in [6, 6.07) is 0. The van der Waals surface area contributed by atoms with Gasteiger partial charge in [0.15, 0.2) is 6.54 Å². The van der Waals surface area contributed by atoms with Crippen LogP contribution in [0.4, 0.5) is 0 Å². The highest BCUT2D eigenvalue weighted by molar-refractivity contribution is 7.80. The smallest absolute Gasteiger partial charge is 0.476 e. The molecule has 0 atom stereocenters. The van der Waals surface area contributed by atoms with Crippen molar-refractivity contribution in [2.45, 2.75) is 296 Å². The van der Waals surface area contributed by atoms with Crippen LogP contribution < -0.4 is 5.32 Å². The van der Waals surface area contributed by atoms with Crippen LogP contribution in [0.2, 0.25) is 0 Å². The largest absolute Gasteiger partial charge is 0.726 e. The molecule has 0 unspecified atom stereocenters. The first kappa shape index (κ1) is 64.3. The Kier molecular flexibility index (Phi) is 49.4. The van der Waals surface area contributed by atoms with Crippen molar-refractivity contribution in [2.24, 2.45) is 0 Å². The minimum atomic E-state index is -4.41. The minimum absolute atomic E-state index is 0.0199. The number of ether oxygens (including phenoxy) is 3. The Morgan fingerprint density at radius 1 is 0.391 bits per heavy atom. The summed E-state index contributed by atoms with van der Waals surface area (Å²) in [5, 5.41) is 1.75. The molecule has 2 N–H and O–H groups in total. The molecule has 0 aromatic rings. The van der Waals surface area contributed by atoms with Crippen LogP contribution >= 0.6 is 0 Å². The molecule has 0 radical (unpaired) electrons. The molecule has 11 nitrogen and oxygen atoms in total. The predicted molar refractivity (Wildman–Crippen MR) is 261 cm³/mol. The number of carbonyl (C=O) groups excluding carboxylic acids is 3. The second-order valence-corrected chi connectivity index (χ2v) is 19.4. The van der Waals surface area contributed by atoms with E-state index in [1.807, 2.05) is 0 Å². The highest BCUT2D eigenvalue weighted by Gasteiger charge is 2.45. The normalized spacial score (nSPS) is 11.6. The Hall–Kier alpha value is -1.76. The van der Waals surface area contributed by atoms with E-state index >= 15 is 0 Å². The zero-order valence-corrected chi connectivity index (χ0v) is 43.3. The highest BCUT2D eigenvalue weighted by Crippen LogP contribution is 2.22. The van der Waals surface area contributed by atoms with Crippen LogP contribution in [0.15, 0.2) is 0 Å². The molecule has 0 saturated heterocycles. The van der Waals surface area contributed by atoms with Gasteiger partial charge in [-0.1, -0.05) is 252 Å². The number of quaternary nitrogens is 1. The highest BCUT2D eigenvalue weighted by atomic mass is 32.3. The molecule has 0 aliphatic rings. The fourth-order valence-corrected chi connectivity index (χ4v) is 7.97. The van der Waals surface area contributed by atoms with Crippen molar-refractivity contribution in [1.82, 2.24) is 0 Å². The van der Waals surface area contributed by atoms with Crippen molar-refractivity contribution in [1.29, 1.82) is 0 Å². The lowest BCUT2D eigenvalue weighted by atomic mass is 10.0. The van der Waals surface area contributed by atoms with Crippen LogP contribution in [-0.2, 0) is 43.2 Å². The minimum Gasteiger partial charge on any atom is -0.726 e. The number of unbranched alkanes of at least 4 members (excludes halogenated alkanes) is 36. The monoisotopic (exact) mass is 934 g/mol. The number of hydrogen-bond acceptors (Lipinski definition) is 10. The second kappa shape index (κ2) is 49.2. The summed E-state index contributed by atoms with van der Waals surface area (Å²) < 4.78 is 48.4. The zero-order chi connectivity index (χ0) is 47.7. The number of likely N-dealkylation sites (N-methyl/N-ethyl adjacent to an activating group) is 1. The first-order valence-corrected chi connectivity index (χ1v) is 28.3. The van der Waals surface area contributed by atoms with Gasteiger partial charge in [-0.25, -0.2) is 8.42 Å². The number of nitrogens with two attached hydrogens (primary N) is 1. The van der Waals surface area contributed by atoms with E-state index in [0.29, 0.717) is 19.3 Å². The van der Waals surface area contributed by atoms with Crippen LogP contribution in [0.5, 0.6) is 0 Å². The van der Waals surface area contributed by atoms with Gasteiger partial charge in [-0.05, 0) is 19.3 Å². The molecule has 0 spiro atoms. The third kappa shape index (κ3) is 49.7. The van der Waals surface area contributed by atoms with E-state index in [1.54, 1.807) is 12.4 Å². The van der Waals surface area contributed by atoms with E-state index in [-0.39, 0.29) is 25.8 Å². The number of hydrogen-bond donors (Lipinski definition) is 1. The fraction of sp³-hybridized carbons (Fsp3) is 0.942. The quantitative estimate of drug-likeness (QED) is 0.0204. The standard InChI is InChI=1S/C51H99NO6.CH4O4S/c1-5-8-11-14-17-20-23-26-29-32-35-38-41-44-48(53)56-51(47-52-4,57-49(54)45-42-39-36-33-30-27-24-21-18-15-12-9-6-2)58-50(55)46-43-40-37-34-31-28-25-22-19-16-13-10-7-3;1-5-6(2,3)4/h52H,5-47H2,1-4H3;1H3,(H,2,3,4). The van der Waals surface area contributed by atoms with Crippen LogP contribution in [0.1, 0.15) is 290 Å². The molecule has 0 heterocycles. The van der Waals surface area contributed by atoms with E-state index in [0.717, 1.165) is 45.6 Å². The van der Waals surface area contributed by atoms with E-state index < -0.39 is 34.3 Å². The van der Waals surface area contributed by atoms with Gasteiger partial charge in [0, 0.05) is 19.3 Å². The topological polar surface area (TPSA) is 162 Å². The van der Waals surface area contributed by atoms with Crippen molar-refractivity contribution in [3.63, 3.8) is 0 Å². The van der Waals surface area contributed by atoms with Gasteiger partial charge in [0.1, 0.15) is 0 Å². The number of rotatable bonds is 48. The summed E-state index contributed by atoms with van der Waals surface area (Å²) in [5.74, 6) is -3.46. The molecule has 0 fully saturated rings. The maximum Gasteiger partial charge on any atom is 0.476 e. The maximum atomic E-state index is 13.2. The first-order chi connectivity index (χ1) is 31.0. The van der Waals surface area contributed by atoms with E-state index in [9.17, 15) is 27.4 Å². The molecule has 0 aromatic carbocycles. The lowest BCUT2D eigenvalue weighted by Gasteiger charge is -2.29. The lowest BCUT2D eigenvalue weighted by molar-refractivity contribution is -0.661. The molecule has 382 valence electrons. The molecular weight excluding hydrogens is 831 g/mol. The Balaban J connectivity index is 0. The van der Waals surface area contributed by atoms with Crippen molar-refractivity contribution < 1.29 is 51.1 Å². The van der Waals surface area contributed by atoms with Gasteiger partial charge in [0.05, 0.1) is 14.2 Å². The van der Waals surface area contributed by atoms with Crippen LogP contribution in [0.3, 0.4) is 0 Å². The van der Waals surface area contributed by atoms with Gasteiger partial charge in [0.25, 0.3) is 0 Å². The summed E-state index contributed by atoms with van der Waals surface area (Å²) >= 11 is 0. The third-order valence-corrected chi connectivity index (χ3v) is 12.3. The van der Waals surface area contributed by atoms with Crippen molar-refractivity contribution >= 4 is 28.3 Å². The zero-order valence-electron chi connectivity index (χ0n) is 42.5. The third-order valence-electron chi connectivity index (χ3n) is 11.9. The molecule has 0 aliphatic heterocycles. The van der Waals surface area contributed by atoms with E-state index in [2.05, 4.69) is 25.0 Å². The van der Waals surface area contributed by atoms with Gasteiger partial charge < -0.3 is 24.1 Å². The number of carbonyl (C=O) groups is 3. The van der Waals surface area contributed by atoms with Crippen LogP contribution in [-0.4, -0.2) is 57.6 Å². The first-order valence-electron chi connectivity index (χ1n) is 26.9. The average Bonchev–Trinajstić information content (AvgIpc) is 3.25. The molecule has 12 heteroatoms. The molecule has 0 aliphatic carbocycles.